The summed E-state index contributed by atoms with van der Waals surface area (Å²) in [6.07, 6.45) is -0.188. The van der Waals surface area contributed by atoms with E-state index in [0.29, 0.717) is 24.8 Å². The van der Waals surface area contributed by atoms with Crippen molar-refractivity contribution in [3.63, 3.8) is 0 Å². The number of carboxylic acid groups (broad SMARTS) is 2. The van der Waals surface area contributed by atoms with Crippen molar-refractivity contribution in [2.75, 3.05) is 33.3 Å². The van der Waals surface area contributed by atoms with Gasteiger partial charge in [0.05, 0.1) is 19.1 Å². The van der Waals surface area contributed by atoms with Crippen molar-refractivity contribution in [1.82, 2.24) is 63.8 Å². The van der Waals surface area contributed by atoms with Gasteiger partial charge in [-0.05, 0) is 89.3 Å². The van der Waals surface area contributed by atoms with Crippen molar-refractivity contribution in [1.29, 1.82) is 10.8 Å². The average Bonchev–Trinajstić information content (AvgIpc) is 3.67. The number of nitrogens with one attached hydrogen (secondary N) is 14. The number of aliphatic hydroxyl groups excluding tert-OH is 1. The van der Waals surface area contributed by atoms with Gasteiger partial charge in [-0.15, -0.1) is 0 Å². The largest absolute Gasteiger partial charge is 0.481 e. The minimum atomic E-state index is -1.88. The van der Waals surface area contributed by atoms with E-state index in [-0.39, 0.29) is 83.3 Å². The van der Waals surface area contributed by atoms with Gasteiger partial charge in [0.2, 0.25) is 59.1 Å². The van der Waals surface area contributed by atoms with Gasteiger partial charge in [0.25, 0.3) is 0 Å². The van der Waals surface area contributed by atoms with E-state index >= 15 is 0 Å². The van der Waals surface area contributed by atoms with Crippen LogP contribution in [0.4, 0.5) is 0 Å². The molecule has 1 aromatic rings. The lowest BCUT2D eigenvalue weighted by molar-refractivity contribution is -0.142. The molecule has 0 radical (unpaired) electrons. The van der Waals surface area contributed by atoms with Crippen molar-refractivity contribution in [3.05, 3.63) is 35.9 Å². The topological polar surface area (TPSA) is 562 Å². The number of rotatable bonds is 44. The van der Waals surface area contributed by atoms with Crippen molar-refractivity contribution in [2.45, 2.75) is 179 Å². The van der Waals surface area contributed by atoms with E-state index in [1.807, 2.05) is 0 Å². The number of benzene rings is 1. The molecule has 25 N–H and O–H groups in total. The lowest BCUT2D eigenvalue weighted by Crippen LogP contribution is -2.61. The van der Waals surface area contributed by atoms with E-state index in [1.165, 1.54) is 7.05 Å². The number of likely N-dealkylation sites (N-methyl/N-ethyl adjacent to an activating group) is 1. The minimum absolute atomic E-state index is 0.00560. The molecule has 1 aromatic carbocycles. The average molecular weight is 1250 g/mol. The van der Waals surface area contributed by atoms with Gasteiger partial charge >= 0.3 is 11.9 Å². The standard InChI is InChI=1S/C55H94N18O15/c1-7-29(3)42(44(57)79)72-50(85)37(26-32-16-10-9-11-17-32)70-53(88)43(30(4)8-2)73-51(86)38(27-41(77)78)69-45(80)31(5)65-52(87)39(28-74)71-49(84)36(20-15-25-64-55(60)61)68-48(83)35(19-14-24-63-54(58)59)67-47(82)34(18-12-13-23-56)66-46(81)33(62-6)21-22-40(75)76/h9-11,16-17,29-31,33-39,42-43,62,74H,7-8,12-15,18-28,56H2,1-6H3,(H2,57,79)(H,65,87)(H,66,81)(H,67,82)(H,68,83)(H,69,80)(H,70,88)(H,71,84)(H,72,85)(H,73,86)(H,75,76)(H,77,78)(H4,58,59,63)(H4,60,61,64)/t29-,30-,31-,33-,34-,35-,36-,37-,38-,39-,42-,43-/m0/s1. The Bertz CT molecular complexity index is 2510. The molecule has 494 valence electrons. The monoisotopic (exact) mass is 1250 g/mol. The van der Waals surface area contributed by atoms with Gasteiger partial charge in [0, 0.05) is 25.9 Å². The predicted molar refractivity (Wildman–Crippen MR) is 322 cm³/mol. The first-order chi connectivity index (χ1) is 41.5. The molecule has 0 aliphatic heterocycles. The van der Waals surface area contributed by atoms with Crippen LogP contribution in [0.2, 0.25) is 0 Å². The van der Waals surface area contributed by atoms with E-state index in [0.717, 1.165) is 6.92 Å². The first-order valence-corrected chi connectivity index (χ1v) is 29.2. The Labute approximate surface area is 511 Å². The second-order valence-electron chi connectivity index (χ2n) is 21.2. The number of unbranched alkanes of at least 4 members (excludes halogenated alkanes) is 1. The number of carbonyl (C=O) groups is 12. The fourth-order valence-electron chi connectivity index (χ4n) is 8.64. The van der Waals surface area contributed by atoms with Crippen LogP contribution in [0.25, 0.3) is 0 Å². The zero-order chi connectivity index (χ0) is 66.6. The molecule has 0 saturated heterocycles. The number of carbonyl (C=O) groups excluding carboxylic acids is 10. The van der Waals surface area contributed by atoms with Crippen molar-refractivity contribution in [3.8, 4) is 0 Å². The van der Waals surface area contributed by atoms with Gasteiger partial charge in [-0.2, -0.15) is 0 Å². The van der Waals surface area contributed by atoms with Crippen LogP contribution in [0.15, 0.2) is 30.3 Å². The number of primary amides is 1. The van der Waals surface area contributed by atoms with Crippen LogP contribution in [0, 0.1) is 22.7 Å². The van der Waals surface area contributed by atoms with Crippen LogP contribution >= 0.6 is 0 Å². The molecule has 0 saturated carbocycles. The predicted octanol–water partition coefficient (Wildman–Crippen LogP) is -5.23. The highest BCUT2D eigenvalue weighted by Crippen LogP contribution is 2.14. The number of guanidine groups is 2. The Morgan fingerprint density at radius 3 is 1.35 bits per heavy atom. The maximum Gasteiger partial charge on any atom is 0.305 e. The number of amides is 10. The van der Waals surface area contributed by atoms with Crippen molar-refractivity contribution >= 4 is 82.9 Å². The van der Waals surface area contributed by atoms with Gasteiger partial charge in [0.1, 0.15) is 54.4 Å². The van der Waals surface area contributed by atoms with Crippen LogP contribution in [-0.2, 0) is 64.0 Å². The van der Waals surface area contributed by atoms with Crippen molar-refractivity contribution in [2.24, 2.45) is 34.8 Å². The van der Waals surface area contributed by atoms with Gasteiger partial charge in [-0.25, -0.2) is 0 Å². The van der Waals surface area contributed by atoms with E-state index < -0.39 is 162 Å². The zero-order valence-electron chi connectivity index (χ0n) is 50.9. The summed E-state index contributed by atoms with van der Waals surface area (Å²) in [4.78, 5) is 161. The third kappa shape index (κ3) is 29.6. The summed E-state index contributed by atoms with van der Waals surface area (Å²) in [5.41, 5.74) is 22.8. The van der Waals surface area contributed by atoms with Gasteiger partial charge in [-0.1, -0.05) is 70.9 Å². The smallest absolute Gasteiger partial charge is 0.305 e. The van der Waals surface area contributed by atoms with Crippen molar-refractivity contribution < 1.29 is 72.9 Å². The number of nitrogens with two attached hydrogens (primary N) is 4. The number of hydrogen-bond donors (Lipinski definition) is 21. The summed E-state index contributed by atoms with van der Waals surface area (Å²) in [7, 11) is 1.43. The summed E-state index contributed by atoms with van der Waals surface area (Å²) in [5.74, 6) is -14.0. The van der Waals surface area contributed by atoms with Crippen LogP contribution in [-0.4, -0.2) is 192 Å². The Kier molecular flexibility index (Phi) is 36.4. The molecule has 12 atom stereocenters. The Hall–Kier alpha value is -8.72. The molecule has 88 heavy (non-hydrogen) atoms. The second kappa shape index (κ2) is 41.4. The Morgan fingerprint density at radius 2 is 0.909 bits per heavy atom. The Balaban J connectivity index is 3.48. The molecule has 0 bridgehead atoms. The Morgan fingerprint density at radius 1 is 0.489 bits per heavy atom. The molecule has 0 aliphatic rings. The number of aliphatic hydroxyl groups is 1. The van der Waals surface area contributed by atoms with E-state index in [2.05, 4.69) is 63.8 Å². The second-order valence-corrected chi connectivity index (χ2v) is 21.2. The molecule has 0 aliphatic carbocycles. The fraction of sp³-hybridized carbons (Fsp3) is 0.636. The molecule has 10 amide bonds. The highest BCUT2D eigenvalue weighted by molar-refractivity contribution is 5.99. The SMILES string of the molecule is CC[C@H](C)[C@H](NC(=O)[C@H](Cc1ccccc1)NC(=O)[C@@H](NC(=O)[C@H](CC(=O)O)NC(=O)[C@H](C)NC(=O)[C@H](CO)NC(=O)[C@H](CCCNC(=N)N)NC(=O)[C@H](CCCNC(=N)N)NC(=O)[C@H](CCCCN)NC(=O)[C@H](CCC(=O)O)NC)[C@@H](C)CC)C(N)=O. The highest BCUT2D eigenvalue weighted by Gasteiger charge is 2.37. The van der Waals surface area contributed by atoms with Crippen LogP contribution in [0.3, 0.4) is 0 Å². The maximum atomic E-state index is 14.2. The van der Waals surface area contributed by atoms with E-state index in [9.17, 15) is 72.9 Å². The fourth-order valence-corrected chi connectivity index (χ4v) is 8.64. The van der Waals surface area contributed by atoms with E-state index in [1.54, 1.807) is 58.0 Å². The minimum Gasteiger partial charge on any atom is -0.481 e. The summed E-state index contributed by atoms with van der Waals surface area (Å²) >= 11 is 0. The van der Waals surface area contributed by atoms with Crippen LogP contribution in [0.5, 0.6) is 0 Å². The molecule has 1 rings (SSSR count). The van der Waals surface area contributed by atoms with Crippen LogP contribution < -0.4 is 86.7 Å². The summed E-state index contributed by atoms with van der Waals surface area (Å²) in [6, 6.07) is -5.83. The quantitative estimate of drug-likeness (QED) is 0.0165. The van der Waals surface area contributed by atoms with Gasteiger partial charge in [0.15, 0.2) is 11.9 Å². The molecule has 0 aromatic heterocycles. The number of carboxylic acids is 2. The lowest BCUT2D eigenvalue weighted by Gasteiger charge is -2.29. The molecular weight excluding hydrogens is 1150 g/mol. The molecule has 33 nitrogen and oxygen atoms in total. The molecular formula is C55H94N18O15. The van der Waals surface area contributed by atoms with Crippen LogP contribution in [0.1, 0.15) is 117 Å². The number of aliphatic carboxylic acids is 2. The molecule has 0 fully saturated rings. The molecule has 33 heteroatoms. The normalized spacial score (nSPS) is 15.0. The summed E-state index contributed by atoms with van der Waals surface area (Å²) < 4.78 is 0. The summed E-state index contributed by atoms with van der Waals surface area (Å²) in [6.45, 7) is 7.15. The molecule has 0 heterocycles. The number of hydrogen-bond acceptors (Lipinski definition) is 17. The summed E-state index contributed by atoms with van der Waals surface area (Å²) in [5, 5.41) is 74.6. The zero-order valence-corrected chi connectivity index (χ0v) is 50.9. The molecule has 0 unspecified atom stereocenters. The van der Waals surface area contributed by atoms with E-state index in [4.69, 9.17) is 33.8 Å². The third-order valence-electron chi connectivity index (χ3n) is 14.2. The first kappa shape index (κ1) is 77.3. The lowest BCUT2D eigenvalue weighted by atomic mass is 9.95. The third-order valence-corrected chi connectivity index (χ3v) is 14.2. The highest BCUT2D eigenvalue weighted by atomic mass is 16.4. The maximum absolute atomic E-state index is 14.2. The first-order valence-electron chi connectivity index (χ1n) is 29.2. The van der Waals surface area contributed by atoms with Gasteiger partial charge < -0.3 is 102 Å². The molecule has 0 spiro atoms. The van der Waals surface area contributed by atoms with Gasteiger partial charge in [-0.3, -0.25) is 68.4 Å².